The van der Waals surface area contributed by atoms with Crippen molar-refractivity contribution in [3.8, 4) is 0 Å². The molecule has 2 aromatic rings. The molecule has 0 aliphatic heterocycles. The van der Waals surface area contributed by atoms with Crippen LogP contribution in [0.1, 0.15) is 11.3 Å². The maximum atomic E-state index is 11.3. The van der Waals surface area contributed by atoms with Crippen LogP contribution in [0, 0.1) is 0 Å². The van der Waals surface area contributed by atoms with E-state index in [0.29, 0.717) is 12.0 Å². The zero-order valence-corrected chi connectivity index (χ0v) is 9.83. The van der Waals surface area contributed by atoms with Crippen molar-refractivity contribution < 1.29 is 8.42 Å². The van der Waals surface area contributed by atoms with Crippen LogP contribution >= 0.6 is 11.5 Å². The highest BCUT2D eigenvalue weighted by Crippen LogP contribution is 2.17. The Bertz CT molecular complexity index is 579. The lowest BCUT2D eigenvalue weighted by Crippen LogP contribution is -2.14. The predicted molar refractivity (Wildman–Crippen MR) is 60.5 cm³/mol. The Hall–Kier alpha value is -1.31. The molecule has 0 amide bonds. The molecule has 0 saturated heterocycles. The van der Waals surface area contributed by atoms with E-state index < -0.39 is 10.0 Å². The molecular formula is C9H9N3O2S2. The highest BCUT2D eigenvalue weighted by molar-refractivity contribution is 7.89. The van der Waals surface area contributed by atoms with Gasteiger partial charge >= 0.3 is 0 Å². The predicted octanol–water partition coefficient (Wildman–Crippen LogP) is 0.776. The third-order valence-electron chi connectivity index (χ3n) is 2.06. The van der Waals surface area contributed by atoms with Crippen molar-refractivity contribution in [3.05, 3.63) is 40.9 Å². The number of rotatable bonds is 3. The molecule has 0 unspecified atom stereocenters. The molecule has 2 rings (SSSR count). The minimum Gasteiger partial charge on any atom is -0.225 e. The van der Waals surface area contributed by atoms with Gasteiger partial charge in [-0.25, -0.2) is 13.6 Å². The van der Waals surface area contributed by atoms with E-state index in [-0.39, 0.29) is 4.90 Å². The molecule has 0 fully saturated rings. The molecule has 0 bridgehead atoms. The molecular weight excluding hydrogens is 246 g/mol. The van der Waals surface area contributed by atoms with Crippen molar-refractivity contribution in [3.63, 3.8) is 0 Å². The molecule has 0 aliphatic carbocycles. The molecule has 84 valence electrons. The fourth-order valence-corrected chi connectivity index (χ4v) is 2.61. The van der Waals surface area contributed by atoms with Crippen LogP contribution in [0.2, 0.25) is 0 Å². The lowest BCUT2D eigenvalue weighted by atomic mass is 10.1. The van der Waals surface area contributed by atoms with Gasteiger partial charge in [0.15, 0.2) is 0 Å². The molecule has 1 aromatic heterocycles. The topological polar surface area (TPSA) is 85.9 Å². The molecule has 16 heavy (non-hydrogen) atoms. The van der Waals surface area contributed by atoms with Gasteiger partial charge in [-0.1, -0.05) is 22.7 Å². The molecule has 1 aromatic carbocycles. The summed E-state index contributed by atoms with van der Waals surface area (Å²) in [6, 6.07) is 6.62. The number of primary sulfonamides is 1. The van der Waals surface area contributed by atoms with Crippen molar-refractivity contribution in [1.29, 1.82) is 0 Å². The molecule has 0 radical (unpaired) electrons. The third kappa shape index (κ3) is 2.43. The van der Waals surface area contributed by atoms with E-state index in [1.165, 1.54) is 17.6 Å². The van der Waals surface area contributed by atoms with Crippen molar-refractivity contribution in [1.82, 2.24) is 9.59 Å². The summed E-state index contributed by atoms with van der Waals surface area (Å²) >= 11 is 1.23. The van der Waals surface area contributed by atoms with Crippen LogP contribution in [0.5, 0.6) is 0 Å². The zero-order valence-electron chi connectivity index (χ0n) is 8.20. The smallest absolute Gasteiger partial charge is 0.225 e. The molecule has 2 N–H and O–H groups in total. The SMILES string of the molecule is NS(=O)(=O)c1ccccc1Cc1csnn1. The number of hydrogen-bond donors (Lipinski definition) is 1. The summed E-state index contributed by atoms with van der Waals surface area (Å²) in [7, 11) is -3.68. The van der Waals surface area contributed by atoms with E-state index >= 15 is 0 Å². The first-order valence-electron chi connectivity index (χ1n) is 4.44. The normalized spacial score (nSPS) is 11.6. The van der Waals surface area contributed by atoms with Gasteiger partial charge in [-0.05, 0) is 23.2 Å². The van der Waals surface area contributed by atoms with Crippen LogP contribution in [-0.2, 0) is 16.4 Å². The first-order chi connectivity index (χ1) is 7.57. The van der Waals surface area contributed by atoms with Gasteiger partial charge in [0.1, 0.15) is 0 Å². The summed E-state index contributed by atoms with van der Waals surface area (Å²) < 4.78 is 26.4. The summed E-state index contributed by atoms with van der Waals surface area (Å²) in [4.78, 5) is 0.142. The fourth-order valence-electron chi connectivity index (χ4n) is 1.38. The van der Waals surface area contributed by atoms with Gasteiger partial charge in [0.05, 0.1) is 10.6 Å². The summed E-state index contributed by atoms with van der Waals surface area (Å²) in [6.07, 6.45) is 0.420. The highest BCUT2D eigenvalue weighted by atomic mass is 32.2. The lowest BCUT2D eigenvalue weighted by molar-refractivity contribution is 0.597. The minimum absolute atomic E-state index is 0.142. The summed E-state index contributed by atoms with van der Waals surface area (Å²) in [5.41, 5.74) is 1.37. The van der Waals surface area contributed by atoms with Crippen molar-refractivity contribution in [2.45, 2.75) is 11.3 Å². The Morgan fingerprint density at radius 2 is 2.06 bits per heavy atom. The minimum atomic E-state index is -3.68. The first-order valence-corrected chi connectivity index (χ1v) is 6.82. The van der Waals surface area contributed by atoms with E-state index in [9.17, 15) is 8.42 Å². The van der Waals surface area contributed by atoms with Crippen LogP contribution in [0.3, 0.4) is 0 Å². The maximum Gasteiger partial charge on any atom is 0.238 e. The number of hydrogen-bond acceptors (Lipinski definition) is 5. The second kappa shape index (κ2) is 4.28. The summed E-state index contributed by atoms with van der Waals surface area (Å²) in [5, 5.41) is 10.8. The second-order valence-corrected chi connectivity index (χ2v) is 5.37. The van der Waals surface area contributed by atoms with E-state index in [0.717, 1.165) is 5.69 Å². The number of aromatic nitrogens is 2. The number of benzene rings is 1. The van der Waals surface area contributed by atoms with E-state index in [1.54, 1.807) is 23.6 Å². The Balaban J connectivity index is 2.42. The highest BCUT2D eigenvalue weighted by Gasteiger charge is 2.13. The van der Waals surface area contributed by atoms with Crippen LogP contribution in [0.4, 0.5) is 0 Å². The monoisotopic (exact) mass is 255 g/mol. The van der Waals surface area contributed by atoms with E-state index in [1.807, 2.05) is 0 Å². The maximum absolute atomic E-state index is 11.3. The van der Waals surface area contributed by atoms with Crippen LogP contribution in [0.25, 0.3) is 0 Å². The average Bonchev–Trinajstić information content (AvgIpc) is 2.70. The van der Waals surface area contributed by atoms with Gasteiger partial charge in [0.25, 0.3) is 0 Å². The standard InChI is InChI=1S/C9H9N3O2S2/c10-16(13,14)9-4-2-1-3-7(9)5-8-6-15-12-11-8/h1-4,6H,5H2,(H2,10,13,14). The summed E-state index contributed by atoms with van der Waals surface area (Å²) in [5.74, 6) is 0. The van der Waals surface area contributed by atoms with E-state index in [2.05, 4.69) is 9.59 Å². The van der Waals surface area contributed by atoms with Gasteiger partial charge in [0, 0.05) is 11.8 Å². The van der Waals surface area contributed by atoms with Gasteiger partial charge in [-0.3, -0.25) is 0 Å². The lowest BCUT2D eigenvalue weighted by Gasteiger charge is -2.05. The number of nitrogens with two attached hydrogens (primary N) is 1. The average molecular weight is 255 g/mol. The molecule has 5 nitrogen and oxygen atoms in total. The molecule has 0 saturated carbocycles. The number of sulfonamides is 1. The fraction of sp³-hybridized carbons (Fsp3) is 0.111. The molecule has 0 spiro atoms. The Labute approximate surface area is 97.1 Å². The summed E-state index contributed by atoms with van der Waals surface area (Å²) in [6.45, 7) is 0. The molecule has 7 heteroatoms. The Kier molecular flexibility index (Phi) is 2.99. The largest absolute Gasteiger partial charge is 0.238 e. The molecule has 1 heterocycles. The quantitative estimate of drug-likeness (QED) is 0.878. The zero-order chi connectivity index (χ0) is 11.6. The van der Waals surface area contributed by atoms with Crippen LogP contribution in [0.15, 0.2) is 34.5 Å². The molecule has 0 aliphatic rings. The van der Waals surface area contributed by atoms with Crippen molar-refractivity contribution in [2.75, 3.05) is 0 Å². The van der Waals surface area contributed by atoms with Gasteiger partial charge in [0.2, 0.25) is 10.0 Å². The molecule has 0 atom stereocenters. The van der Waals surface area contributed by atoms with Gasteiger partial charge in [-0.15, -0.1) is 5.10 Å². The first kappa shape index (κ1) is 11.2. The third-order valence-corrected chi connectivity index (χ3v) is 3.62. The Morgan fingerprint density at radius 1 is 1.31 bits per heavy atom. The van der Waals surface area contributed by atoms with Crippen molar-refractivity contribution >= 4 is 21.6 Å². The van der Waals surface area contributed by atoms with E-state index in [4.69, 9.17) is 5.14 Å². The van der Waals surface area contributed by atoms with Crippen LogP contribution < -0.4 is 5.14 Å². The van der Waals surface area contributed by atoms with Crippen LogP contribution in [-0.4, -0.2) is 18.0 Å². The van der Waals surface area contributed by atoms with Crippen molar-refractivity contribution in [2.24, 2.45) is 5.14 Å². The van der Waals surface area contributed by atoms with Gasteiger partial charge < -0.3 is 0 Å². The number of nitrogens with zero attached hydrogens (tertiary/aromatic N) is 2. The second-order valence-electron chi connectivity index (χ2n) is 3.23. The Morgan fingerprint density at radius 3 is 2.69 bits per heavy atom. The van der Waals surface area contributed by atoms with Gasteiger partial charge in [-0.2, -0.15) is 0 Å².